The van der Waals surface area contributed by atoms with Gasteiger partial charge in [-0.1, -0.05) is 0 Å². The molecule has 0 aromatic carbocycles. The molecule has 0 bridgehead atoms. The third kappa shape index (κ3) is 2.81. The van der Waals surface area contributed by atoms with Crippen molar-refractivity contribution in [2.24, 2.45) is 0 Å². The summed E-state index contributed by atoms with van der Waals surface area (Å²) in [5.74, 6) is 0. The number of thiazole rings is 1. The number of morpholine rings is 1. The second-order valence-electron chi connectivity index (χ2n) is 4.60. The molecule has 94 valence electrons. The van der Waals surface area contributed by atoms with Gasteiger partial charge >= 0.3 is 0 Å². The van der Waals surface area contributed by atoms with Crippen LogP contribution in [0.15, 0.2) is 9.98 Å². The second-order valence-corrected chi connectivity index (χ2v) is 6.27. The van der Waals surface area contributed by atoms with Crippen molar-refractivity contribution >= 4 is 32.4 Å². The molecule has 2 aliphatic heterocycles. The Hall–Kier alpha value is -0.170. The van der Waals surface area contributed by atoms with Crippen LogP contribution in [0.25, 0.3) is 0 Å². The third-order valence-corrected chi connectivity index (χ3v) is 4.93. The summed E-state index contributed by atoms with van der Waals surface area (Å²) in [5, 5.41) is 6.29. The standard InChI is InChI=1S/C11H16BrN3OS/c12-10-7-17-11(14-10)13-4-9-5-15-3-1-2-8(15)6-16-9/h7-9H,1-6H2,(H,13,14). The fourth-order valence-corrected chi connectivity index (χ4v) is 3.70. The molecule has 2 saturated heterocycles. The van der Waals surface area contributed by atoms with Gasteiger partial charge in [-0.3, -0.25) is 4.90 Å². The molecule has 0 spiro atoms. The quantitative estimate of drug-likeness (QED) is 0.927. The number of nitrogens with zero attached hydrogens (tertiary/aromatic N) is 2. The summed E-state index contributed by atoms with van der Waals surface area (Å²) in [7, 11) is 0. The number of anilines is 1. The first-order chi connectivity index (χ1) is 8.31. The van der Waals surface area contributed by atoms with Crippen LogP contribution in [0.5, 0.6) is 0 Å². The van der Waals surface area contributed by atoms with Crippen molar-refractivity contribution in [3.05, 3.63) is 9.98 Å². The van der Waals surface area contributed by atoms with Gasteiger partial charge in [0.1, 0.15) is 4.60 Å². The molecule has 0 radical (unpaired) electrons. The van der Waals surface area contributed by atoms with Crippen LogP contribution in [-0.2, 0) is 4.74 Å². The molecule has 2 atom stereocenters. The maximum absolute atomic E-state index is 5.88. The average molecular weight is 318 g/mol. The van der Waals surface area contributed by atoms with Gasteiger partial charge in [0, 0.05) is 24.5 Å². The molecular weight excluding hydrogens is 302 g/mol. The molecule has 2 unspecified atom stereocenters. The third-order valence-electron chi connectivity index (χ3n) is 3.42. The van der Waals surface area contributed by atoms with Crippen LogP contribution in [0.4, 0.5) is 5.13 Å². The Morgan fingerprint density at radius 2 is 2.59 bits per heavy atom. The summed E-state index contributed by atoms with van der Waals surface area (Å²) < 4.78 is 6.78. The SMILES string of the molecule is Brc1csc(NCC2CN3CCCC3CO2)n1. The Kier molecular flexibility index (Phi) is 3.65. The molecular formula is C11H16BrN3OS. The maximum atomic E-state index is 5.88. The van der Waals surface area contributed by atoms with Crippen molar-refractivity contribution in [1.29, 1.82) is 0 Å². The molecule has 3 heterocycles. The molecule has 0 saturated carbocycles. The summed E-state index contributed by atoms with van der Waals surface area (Å²) >= 11 is 4.97. The lowest BCUT2D eigenvalue weighted by molar-refractivity contribution is -0.0415. The number of halogens is 1. The fourth-order valence-electron chi connectivity index (χ4n) is 2.55. The summed E-state index contributed by atoms with van der Waals surface area (Å²) in [6.07, 6.45) is 2.93. The number of fused-ring (bicyclic) bond motifs is 1. The zero-order valence-electron chi connectivity index (χ0n) is 9.56. The monoisotopic (exact) mass is 317 g/mol. The Morgan fingerprint density at radius 1 is 1.65 bits per heavy atom. The Labute approximate surface area is 113 Å². The van der Waals surface area contributed by atoms with Gasteiger partial charge in [-0.2, -0.15) is 0 Å². The van der Waals surface area contributed by atoms with Crippen LogP contribution in [0.1, 0.15) is 12.8 Å². The number of aromatic nitrogens is 1. The van der Waals surface area contributed by atoms with Gasteiger partial charge in [-0.25, -0.2) is 4.98 Å². The van der Waals surface area contributed by atoms with Crippen LogP contribution in [0.2, 0.25) is 0 Å². The lowest BCUT2D eigenvalue weighted by atomic mass is 10.2. The molecule has 1 N–H and O–H groups in total. The van der Waals surface area contributed by atoms with E-state index in [-0.39, 0.29) is 0 Å². The average Bonchev–Trinajstić information content (AvgIpc) is 2.94. The zero-order valence-corrected chi connectivity index (χ0v) is 12.0. The van der Waals surface area contributed by atoms with Crippen molar-refractivity contribution < 1.29 is 4.74 Å². The molecule has 17 heavy (non-hydrogen) atoms. The number of rotatable bonds is 3. The highest BCUT2D eigenvalue weighted by atomic mass is 79.9. The lowest BCUT2D eigenvalue weighted by Gasteiger charge is -2.35. The zero-order chi connectivity index (χ0) is 11.7. The van der Waals surface area contributed by atoms with Gasteiger partial charge in [-0.05, 0) is 35.3 Å². The largest absolute Gasteiger partial charge is 0.373 e. The number of hydrogen-bond donors (Lipinski definition) is 1. The van der Waals surface area contributed by atoms with Crippen LogP contribution < -0.4 is 5.32 Å². The fraction of sp³-hybridized carbons (Fsp3) is 0.727. The predicted octanol–water partition coefficient (Wildman–Crippen LogP) is 2.18. The van der Waals surface area contributed by atoms with Gasteiger partial charge in [0.05, 0.1) is 12.7 Å². The highest BCUT2D eigenvalue weighted by Crippen LogP contribution is 2.23. The van der Waals surface area contributed by atoms with Crippen LogP contribution in [-0.4, -0.2) is 48.3 Å². The molecule has 6 heteroatoms. The summed E-state index contributed by atoms with van der Waals surface area (Å²) in [5.41, 5.74) is 0. The number of hydrogen-bond acceptors (Lipinski definition) is 5. The molecule has 4 nitrogen and oxygen atoms in total. The minimum absolute atomic E-state index is 0.298. The van der Waals surface area contributed by atoms with Crippen molar-refractivity contribution in [3.63, 3.8) is 0 Å². The predicted molar refractivity (Wildman–Crippen MR) is 72.6 cm³/mol. The van der Waals surface area contributed by atoms with Crippen LogP contribution >= 0.6 is 27.3 Å². The van der Waals surface area contributed by atoms with Crippen molar-refractivity contribution in [3.8, 4) is 0 Å². The van der Waals surface area contributed by atoms with Crippen LogP contribution in [0, 0.1) is 0 Å². The van der Waals surface area contributed by atoms with E-state index >= 15 is 0 Å². The highest BCUT2D eigenvalue weighted by Gasteiger charge is 2.31. The normalized spacial score (nSPS) is 29.2. The Balaban J connectivity index is 1.49. The summed E-state index contributed by atoms with van der Waals surface area (Å²) in [6.45, 7) is 4.05. The van der Waals surface area contributed by atoms with Crippen LogP contribution in [0.3, 0.4) is 0 Å². The molecule has 2 aliphatic rings. The molecule has 1 aromatic rings. The minimum Gasteiger partial charge on any atom is -0.373 e. The number of nitrogens with one attached hydrogen (secondary N) is 1. The van der Waals surface area contributed by atoms with Gasteiger partial charge in [-0.15, -0.1) is 11.3 Å². The molecule has 3 rings (SSSR count). The van der Waals surface area contributed by atoms with E-state index < -0.39 is 0 Å². The highest BCUT2D eigenvalue weighted by molar-refractivity contribution is 9.10. The van der Waals surface area contributed by atoms with Gasteiger partial charge in [0.2, 0.25) is 0 Å². The molecule has 2 fully saturated rings. The van der Waals surface area contributed by atoms with Gasteiger partial charge in [0.25, 0.3) is 0 Å². The Bertz CT molecular complexity index is 387. The smallest absolute Gasteiger partial charge is 0.183 e. The van der Waals surface area contributed by atoms with E-state index in [1.54, 1.807) is 11.3 Å². The molecule has 1 aromatic heterocycles. The van der Waals surface area contributed by atoms with Crippen molar-refractivity contribution in [1.82, 2.24) is 9.88 Å². The van der Waals surface area contributed by atoms with E-state index in [0.717, 1.165) is 29.4 Å². The first-order valence-electron chi connectivity index (χ1n) is 6.02. The molecule has 0 aliphatic carbocycles. The number of ether oxygens (including phenoxy) is 1. The van der Waals surface area contributed by atoms with Crippen molar-refractivity contribution in [2.45, 2.75) is 25.0 Å². The first kappa shape index (κ1) is 11.9. The van der Waals surface area contributed by atoms with E-state index in [9.17, 15) is 0 Å². The van der Waals surface area contributed by atoms with E-state index in [4.69, 9.17) is 4.74 Å². The molecule has 0 amide bonds. The van der Waals surface area contributed by atoms with Gasteiger partial charge in [0.15, 0.2) is 5.13 Å². The lowest BCUT2D eigenvalue weighted by Crippen LogP contribution is -2.48. The minimum atomic E-state index is 0.298. The topological polar surface area (TPSA) is 37.4 Å². The summed E-state index contributed by atoms with van der Waals surface area (Å²) in [4.78, 5) is 6.88. The van der Waals surface area contributed by atoms with E-state index in [0.29, 0.717) is 12.1 Å². The van der Waals surface area contributed by atoms with E-state index in [1.165, 1.54) is 19.4 Å². The second kappa shape index (κ2) is 5.22. The Morgan fingerprint density at radius 3 is 3.41 bits per heavy atom. The summed E-state index contributed by atoms with van der Waals surface area (Å²) in [6, 6.07) is 0.681. The van der Waals surface area contributed by atoms with E-state index in [1.807, 2.05) is 5.38 Å². The maximum Gasteiger partial charge on any atom is 0.183 e. The van der Waals surface area contributed by atoms with E-state index in [2.05, 4.69) is 31.1 Å². The van der Waals surface area contributed by atoms with Crippen molar-refractivity contribution in [2.75, 3.05) is 31.6 Å². The first-order valence-corrected chi connectivity index (χ1v) is 7.69. The van der Waals surface area contributed by atoms with Gasteiger partial charge < -0.3 is 10.1 Å².